The highest BCUT2D eigenvalue weighted by atomic mass is 32.2. The zero-order chi connectivity index (χ0) is 17.5. The average Bonchev–Trinajstić information content (AvgIpc) is 2.97. The number of aromatic nitrogens is 2. The molecule has 7 nitrogen and oxygen atoms in total. The van der Waals surface area contributed by atoms with Crippen molar-refractivity contribution in [2.24, 2.45) is 0 Å². The maximum Gasteiger partial charge on any atom is 0.321 e. The second-order valence-electron chi connectivity index (χ2n) is 4.99. The second-order valence-corrected chi connectivity index (χ2v) is 7.19. The number of nitrogens with one attached hydrogen (secondary N) is 3. The number of carbonyl (C=O) groups excluding carboxylic acids is 2. The summed E-state index contributed by atoms with van der Waals surface area (Å²) in [6.07, 6.45) is 0. The molecule has 0 unspecified atom stereocenters. The van der Waals surface area contributed by atoms with Crippen molar-refractivity contribution in [3.8, 4) is 0 Å². The van der Waals surface area contributed by atoms with Crippen LogP contribution in [0.4, 0.5) is 15.6 Å². The van der Waals surface area contributed by atoms with Crippen molar-refractivity contribution >= 4 is 45.9 Å². The van der Waals surface area contributed by atoms with Crippen molar-refractivity contribution in [3.63, 3.8) is 0 Å². The molecule has 2 rings (SSSR count). The molecular formula is C15H19N5O2S2. The van der Waals surface area contributed by atoms with Crippen LogP contribution in [0.25, 0.3) is 0 Å². The first-order valence-electron chi connectivity index (χ1n) is 7.36. The minimum atomic E-state index is -0.488. The molecule has 0 aliphatic rings. The van der Waals surface area contributed by atoms with E-state index in [4.69, 9.17) is 0 Å². The van der Waals surface area contributed by atoms with Crippen LogP contribution in [-0.4, -0.2) is 34.4 Å². The number of benzene rings is 1. The smallest absolute Gasteiger partial charge is 0.321 e. The second kappa shape index (κ2) is 8.65. The van der Waals surface area contributed by atoms with Gasteiger partial charge in [0.2, 0.25) is 11.0 Å². The van der Waals surface area contributed by atoms with Gasteiger partial charge in [-0.15, -0.1) is 10.2 Å². The van der Waals surface area contributed by atoms with E-state index >= 15 is 0 Å². The third-order valence-electron chi connectivity index (χ3n) is 3.08. The fraction of sp³-hybridized carbons (Fsp3) is 0.333. The van der Waals surface area contributed by atoms with Gasteiger partial charge in [0, 0.05) is 12.2 Å². The summed E-state index contributed by atoms with van der Waals surface area (Å²) >= 11 is 2.60. The van der Waals surface area contributed by atoms with Crippen molar-refractivity contribution in [2.75, 3.05) is 17.6 Å². The van der Waals surface area contributed by atoms with Gasteiger partial charge in [0.05, 0.1) is 5.75 Å². The molecule has 1 aromatic heterocycles. The van der Waals surface area contributed by atoms with Crippen molar-refractivity contribution in [1.29, 1.82) is 0 Å². The maximum absolute atomic E-state index is 11.6. The highest BCUT2D eigenvalue weighted by molar-refractivity contribution is 8.01. The Labute approximate surface area is 148 Å². The van der Waals surface area contributed by atoms with Gasteiger partial charge in [-0.05, 0) is 44.0 Å². The van der Waals surface area contributed by atoms with E-state index < -0.39 is 6.03 Å². The Morgan fingerprint density at radius 3 is 2.71 bits per heavy atom. The fourth-order valence-corrected chi connectivity index (χ4v) is 3.33. The minimum absolute atomic E-state index is 0.107. The number of nitrogens with zero attached hydrogens (tertiary/aromatic N) is 2. The molecule has 128 valence electrons. The molecule has 0 bridgehead atoms. The molecule has 3 N–H and O–H groups in total. The first kappa shape index (κ1) is 18.2. The van der Waals surface area contributed by atoms with Crippen LogP contribution in [0.5, 0.6) is 0 Å². The largest absolute Gasteiger partial charge is 0.338 e. The highest BCUT2D eigenvalue weighted by Crippen LogP contribution is 2.28. The molecule has 0 aliphatic heterocycles. The number of amides is 3. The Hall–Kier alpha value is -2.13. The highest BCUT2D eigenvalue weighted by Gasteiger charge is 2.10. The number of thioether (sulfide) groups is 1. The van der Waals surface area contributed by atoms with E-state index in [9.17, 15) is 9.59 Å². The standard InChI is InChI=1S/C15H19N5O2S2/c1-4-16-13(22)18-12(21)8-23-15-20-19-14(24-15)17-11-6-5-9(2)10(3)7-11/h5-7H,4,8H2,1-3H3,(H,17,19)(H2,16,18,21,22). The van der Waals surface area contributed by atoms with Crippen LogP contribution in [0.2, 0.25) is 0 Å². The van der Waals surface area contributed by atoms with E-state index in [1.165, 1.54) is 34.2 Å². The maximum atomic E-state index is 11.6. The molecular weight excluding hydrogens is 346 g/mol. The molecule has 0 radical (unpaired) electrons. The van der Waals surface area contributed by atoms with E-state index in [1.54, 1.807) is 6.92 Å². The summed E-state index contributed by atoms with van der Waals surface area (Å²) in [5.41, 5.74) is 3.37. The van der Waals surface area contributed by atoms with Gasteiger partial charge in [-0.1, -0.05) is 29.2 Å². The van der Waals surface area contributed by atoms with Crippen molar-refractivity contribution < 1.29 is 9.59 Å². The van der Waals surface area contributed by atoms with Gasteiger partial charge in [-0.2, -0.15) is 0 Å². The summed E-state index contributed by atoms with van der Waals surface area (Å²) in [6, 6.07) is 5.58. The van der Waals surface area contributed by atoms with Crippen LogP contribution in [0, 0.1) is 13.8 Å². The monoisotopic (exact) mass is 365 g/mol. The quantitative estimate of drug-likeness (QED) is 0.681. The van der Waals surface area contributed by atoms with Gasteiger partial charge < -0.3 is 10.6 Å². The molecule has 24 heavy (non-hydrogen) atoms. The first-order chi connectivity index (χ1) is 11.5. The van der Waals surface area contributed by atoms with Crippen LogP contribution < -0.4 is 16.0 Å². The molecule has 0 saturated carbocycles. The van der Waals surface area contributed by atoms with Crippen molar-refractivity contribution in [2.45, 2.75) is 25.1 Å². The Kier molecular flexibility index (Phi) is 6.56. The zero-order valence-electron chi connectivity index (χ0n) is 13.7. The lowest BCUT2D eigenvalue weighted by Gasteiger charge is -2.05. The lowest BCUT2D eigenvalue weighted by Crippen LogP contribution is -2.40. The Balaban J connectivity index is 1.85. The summed E-state index contributed by atoms with van der Waals surface area (Å²) < 4.78 is 0.660. The van der Waals surface area contributed by atoms with Crippen LogP contribution >= 0.6 is 23.1 Å². The van der Waals surface area contributed by atoms with E-state index in [-0.39, 0.29) is 11.7 Å². The lowest BCUT2D eigenvalue weighted by molar-refractivity contribution is -0.117. The Morgan fingerprint density at radius 1 is 1.21 bits per heavy atom. The summed E-state index contributed by atoms with van der Waals surface area (Å²) in [5, 5.41) is 16.7. The summed E-state index contributed by atoms with van der Waals surface area (Å²) in [6.45, 7) is 6.36. The van der Waals surface area contributed by atoms with E-state index in [1.807, 2.05) is 18.2 Å². The van der Waals surface area contributed by atoms with E-state index in [0.717, 1.165) is 5.69 Å². The van der Waals surface area contributed by atoms with Crippen LogP contribution in [-0.2, 0) is 4.79 Å². The summed E-state index contributed by atoms with van der Waals surface area (Å²) in [5.74, 6) is -0.264. The van der Waals surface area contributed by atoms with E-state index in [2.05, 4.69) is 40.0 Å². The number of carbonyl (C=O) groups is 2. The summed E-state index contributed by atoms with van der Waals surface area (Å²) in [7, 11) is 0. The van der Waals surface area contributed by atoms with Crippen LogP contribution in [0.1, 0.15) is 18.1 Å². The van der Waals surface area contributed by atoms with Gasteiger partial charge >= 0.3 is 6.03 Å². The SMILES string of the molecule is CCNC(=O)NC(=O)CSc1nnc(Nc2ccc(C)c(C)c2)s1. The third kappa shape index (κ3) is 5.50. The topological polar surface area (TPSA) is 96.0 Å². The Bertz CT molecular complexity index is 732. The Morgan fingerprint density at radius 2 is 2.00 bits per heavy atom. The molecule has 9 heteroatoms. The zero-order valence-corrected chi connectivity index (χ0v) is 15.3. The molecule has 0 fully saturated rings. The molecule has 1 aromatic carbocycles. The fourth-order valence-electron chi connectivity index (χ4n) is 1.76. The van der Waals surface area contributed by atoms with Crippen molar-refractivity contribution in [3.05, 3.63) is 29.3 Å². The van der Waals surface area contributed by atoms with Crippen LogP contribution in [0.3, 0.4) is 0 Å². The number of imide groups is 1. The molecule has 0 spiro atoms. The molecule has 0 aliphatic carbocycles. The number of hydrogen-bond acceptors (Lipinski definition) is 7. The van der Waals surface area contributed by atoms with Gasteiger partial charge in [-0.3, -0.25) is 10.1 Å². The average molecular weight is 365 g/mol. The predicted octanol–water partition coefficient (Wildman–Crippen LogP) is 2.84. The third-order valence-corrected chi connectivity index (χ3v) is 5.05. The van der Waals surface area contributed by atoms with Gasteiger partial charge in [0.1, 0.15) is 0 Å². The molecule has 2 aromatic rings. The van der Waals surface area contributed by atoms with E-state index in [0.29, 0.717) is 16.0 Å². The van der Waals surface area contributed by atoms with Crippen molar-refractivity contribution in [1.82, 2.24) is 20.8 Å². The normalized spacial score (nSPS) is 10.3. The molecule has 1 heterocycles. The first-order valence-corrected chi connectivity index (χ1v) is 9.16. The number of anilines is 2. The molecule has 0 atom stereocenters. The number of aryl methyl sites for hydroxylation is 2. The number of urea groups is 1. The summed E-state index contributed by atoms with van der Waals surface area (Å²) in [4.78, 5) is 22.9. The van der Waals surface area contributed by atoms with Gasteiger partial charge in [0.15, 0.2) is 4.34 Å². The number of hydrogen-bond donors (Lipinski definition) is 3. The molecule has 3 amide bonds. The van der Waals surface area contributed by atoms with Crippen LogP contribution in [0.15, 0.2) is 22.5 Å². The van der Waals surface area contributed by atoms with Gasteiger partial charge in [-0.25, -0.2) is 4.79 Å². The predicted molar refractivity (Wildman–Crippen MR) is 97.0 cm³/mol. The molecule has 0 saturated heterocycles. The van der Waals surface area contributed by atoms with Gasteiger partial charge in [0.25, 0.3) is 0 Å². The minimum Gasteiger partial charge on any atom is -0.338 e. The lowest BCUT2D eigenvalue weighted by atomic mass is 10.1. The number of rotatable bonds is 6.